The molecule has 0 bridgehead atoms. The van der Waals surface area contributed by atoms with Crippen LogP contribution in [0, 0.1) is 10.1 Å². The van der Waals surface area contributed by atoms with Gasteiger partial charge in [0.15, 0.2) is 0 Å². The van der Waals surface area contributed by atoms with E-state index in [-0.39, 0.29) is 22.5 Å². The predicted molar refractivity (Wildman–Crippen MR) is 107 cm³/mol. The van der Waals surface area contributed by atoms with E-state index in [1.165, 1.54) is 24.3 Å². The number of hydrogen-bond donors (Lipinski definition) is 2. The normalized spacial score (nSPS) is 10.2. The van der Waals surface area contributed by atoms with Gasteiger partial charge in [-0.2, -0.15) is 0 Å². The molecule has 8 heteroatoms. The van der Waals surface area contributed by atoms with E-state index in [9.17, 15) is 19.7 Å². The van der Waals surface area contributed by atoms with Gasteiger partial charge < -0.3 is 10.6 Å². The summed E-state index contributed by atoms with van der Waals surface area (Å²) in [4.78, 5) is 35.4. The first kappa shape index (κ1) is 19.1. The summed E-state index contributed by atoms with van der Waals surface area (Å²) in [6.07, 6.45) is 0. The highest BCUT2D eigenvalue weighted by Crippen LogP contribution is 2.20. The number of nitro groups is 1. The van der Waals surface area contributed by atoms with Crippen LogP contribution in [0.4, 0.5) is 17.1 Å². The molecule has 0 fully saturated rings. The SMILES string of the molecule is O=C(Nc1ccccc1C(=O)Nc1ccc(Cl)cc1)c1cccc([N+](=O)[O-])c1. The van der Waals surface area contributed by atoms with E-state index < -0.39 is 16.7 Å². The van der Waals surface area contributed by atoms with Crippen LogP contribution in [-0.4, -0.2) is 16.7 Å². The van der Waals surface area contributed by atoms with Crippen molar-refractivity contribution < 1.29 is 14.5 Å². The third kappa shape index (κ3) is 4.52. The summed E-state index contributed by atoms with van der Waals surface area (Å²) in [5, 5.41) is 16.8. The third-order valence-electron chi connectivity index (χ3n) is 3.84. The fourth-order valence-electron chi connectivity index (χ4n) is 2.48. The highest BCUT2D eigenvalue weighted by molar-refractivity contribution is 6.30. The van der Waals surface area contributed by atoms with Crippen LogP contribution in [0.15, 0.2) is 72.8 Å². The zero-order valence-electron chi connectivity index (χ0n) is 14.4. The van der Waals surface area contributed by atoms with Crippen LogP contribution in [0.3, 0.4) is 0 Å². The van der Waals surface area contributed by atoms with Gasteiger partial charge in [-0.3, -0.25) is 19.7 Å². The van der Waals surface area contributed by atoms with Gasteiger partial charge in [0.1, 0.15) is 0 Å². The molecule has 0 aromatic heterocycles. The molecule has 0 spiro atoms. The van der Waals surface area contributed by atoms with Crippen molar-refractivity contribution in [3.05, 3.63) is 99.1 Å². The Hall–Kier alpha value is -3.71. The molecule has 0 saturated carbocycles. The summed E-state index contributed by atoms with van der Waals surface area (Å²) >= 11 is 5.83. The number of nitrogens with one attached hydrogen (secondary N) is 2. The van der Waals surface area contributed by atoms with Gasteiger partial charge in [0.2, 0.25) is 0 Å². The Bertz CT molecular complexity index is 1050. The first-order valence-corrected chi connectivity index (χ1v) is 8.53. The molecule has 2 amide bonds. The van der Waals surface area contributed by atoms with Crippen molar-refractivity contribution in [3.8, 4) is 0 Å². The van der Waals surface area contributed by atoms with Gasteiger partial charge in [-0.1, -0.05) is 29.8 Å². The molecule has 7 nitrogen and oxygen atoms in total. The van der Waals surface area contributed by atoms with Gasteiger partial charge in [-0.15, -0.1) is 0 Å². The molecule has 0 aliphatic carbocycles. The number of hydrogen-bond acceptors (Lipinski definition) is 4. The van der Waals surface area contributed by atoms with E-state index in [1.807, 2.05) is 0 Å². The van der Waals surface area contributed by atoms with Crippen LogP contribution in [-0.2, 0) is 0 Å². The van der Waals surface area contributed by atoms with Crippen LogP contribution in [0.2, 0.25) is 5.02 Å². The smallest absolute Gasteiger partial charge is 0.270 e. The number of benzene rings is 3. The lowest BCUT2D eigenvalue weighted by atomic mass is 10.1. The number of carbonyl (C=O) groups excluding carboxylic acids is 2. The second kappa shape index (κ2) is 8.32. The Morgan fingerprint density at radius 1 is 0.857 bits per heavy atom. The lowest BCUT2D eigenvalue weighted by Crippen LogP contribution is -2.18. The molecule has 3 rings (SSSR count). The van der Waals surface area contributed by atoms with Crippen LogP contribution >= 0.6 is 11.6 Å². The maximum Gasteiger partial charge on any atom is 0.270 e. The maximum atomic E-state index is 12.6. The molecule has 0 aliphatic rings. The molecule has 0 saturated heterocycles. The van der Waals surface area contributed by atoms with Gasteiger partial charge in [-0.25, -0.2) is 0 Å². The lowest BCUT2D eigenvalue weighted by Gasteiger charge is -2.11. The minimum absolute atomic E-state index is 0.113. The molecule has 0 atom stereocenters. The molecule has 3 aromatic rings. The van der Waals surface area contributed by atoms with E-state index in [0.717, 1.165) is 0 Å². The molecule has 0 heterocycles. The average Bonchev–Trinajstić information content (AvgIpc) is 2.70. The summed E-state index contributed by atoms with van der Waals surface area (Å²) in [7, 11) is 0. The van der Waals surface area contributed by atoms with E-state index in [2.05, 4.69) is 10.6 Å². The first-order valence-electron chi connectivity index (χ1n) is 8.16. The van der Waals surface area contributed by atoms with Crippen molar-refractivity contribution in [2.24, 2.45) is 0 Å². The number of para-hydroxylation sites is 1. The van der Waals surface area contributed by atoms with Crippen molar-refractivity contribution in [1.29, 1.82) is 0 Å². The van der Waals surface area contributed by atoms with Crippen LogP contribution in [0.5, 0.6) is 0 Å². The van der Waals surface area contributed by atoms with Crippen molar-refractivity contribution in [1.82, 2.24) is 0 Å². The van der Waals surface area contributed by atoms with E-state index in [0.29, 0.717) is 10.7 Å². The summed E-state index contributed by atoms with van der Waals surface area (Å²) in [5.41, 5.74) is 0.999. The van der Waals surface area contributed by atoms with Crippen LogP contribution < -0.4 is 10.6 Å². The minimum Gasteiger partial charge on any atom is -0.322 e. The number of rotatable bonds is 5. The Morgan fingerprint density at radius 3 is 2.29 bits per heavy atom. The van der Waals surface area contributed by atoms with Crippen molar-refractivity contribution >= 4 is 40.5 Å². The summed E-state index contributed by atoms with van der Waals surface area (Å²) < 4.78 is 0. The van der Waals surface area contributed by atoms with Gasteiger partial charge in [0, 0.05) is 28.4 Å². The van der Waals surface area contributed by atoms with Gasteiger partial charge in [-0.05, 0) is 42.5 Å². The lowest BCUT2D eigenvalue weighted by molar-refractivity contribution is -0.384. The molecule has 3 aromatic carbocycles. The Morgan fingerprint density at radius 2 is 1.57 bits per heavy atom. The number of nitrogens with zero attached hydrogens (tertiary/aromatic N) is 1. The molecule has 0 radical (unpaired) electrons. The minimum atomic E-state index is -0.579. The predicted octanol–water partition coefficient (Wildman–Crippen LogP) is 4.75. The highest BCUT2D eigenvalue weighted by atomic mass is 35.5. The number of carbonyl (C=O) groups is 2. The standard InChI is InChI=1S/C20H14ClN3O4/c21-14-8-10-15(11-9-14)22-20(26)17-6-1-2-7-18(17)23-19(25)13-4-3-5-16(12-13)24(27)28/h1-12H,(H,22,26)(H,23,25). The fraction of sp³-hybridized carbons (Fsp3) is 0. The van der Waals surface area contributed by atoms with Gasteiger partial charge in [0.05, 0.1) is 16.2 Å². The van der Waals surface area contributed by atoms with Gasteiger partial charge >= 0.3 is 0 Å². The summed E-state index contributed by atoms with van der Waals surface area (Å²) in [5.74, 6) is -0.979. The molecule has 28 heavy (non-hydrogen) atoms. The molecular weight excluding hydrogens is 382 g/mol. The van der Waals surface area contributed by atoms with Crippen LogP contribution in [0.25, 0.3) is 0 Å². The average molecular weight is 396 g/mol. The topological polar surface area (TPSA) is 101 Å². The zero-order chi connectivity index (χ0) is 20.1. The summed E-state index contributed by atoms with van der Waals surface area (Å²) in [6.45, 7) is 0. The Balaban J connectivity index is 1.81. The molecule has 140 valence electrons. The van der Waals surface area contributed by atoms with Gasteiger partial charge in [0.25, 0.3) is 17.5 Å². The summed E-state index contributed by atoms with van der Waals surface area (Å²) in [6, 6.07) is 18.4. The number of non-ortho nitro benzene ring substituents is 1. The number of halogens is 1. The van der Waals surface area contributed by atoms with Crippen molar-refractivity contribution in [3.63, 3.8) is 0 Å². The first-order chi connectivity index (χ1) is 13.4. The largest absolute Gasteiger partial charge is 0.322 e. The fourth-order valence-corrected chi connectivity index (χ4v) is 2.60. The van der Waals surface area contributed by atoms with E-state index in [1.54, 1.807) is 48.5 Å². The molecular formula is C20H14ClN3O4. The van der Waals surface area contributed by atoms with Crippen molar-refractivity contribution in [2.75, 3.05) is 10.6 Å². The molecule has 0 unspecified atom stereocenters. The Labute approximate surface area is 165 Å². The van der Waals surface area contributed by atoms with Crippen molar-refractivity contribution in [2.45, 2.75) is 0 Å². The number of anilines is 2. The second-order valence-electron chi connectivity index (χ2n) is 5.77. The third-order valence-corrected chi connectivity index (χ3v) is 4.09. The molecule has 2 N–H and O–H groups in total. The van der Waals surface area contributed by atoms with E-state index >= 15 is 0 Å². The number of amides is 2. The Kier molecular flexibility index (Phi) is 5.67. The number of nitro benzene ring substituents is 1. The molecule has 0 aliphatic heterocycles. The zero-order valence-corrected chi connectivity index (χ0v) is 15.1. The van der Waals surface area contributed by atoms with Crippen LogP contribution in [0.1, 0.15) is 20.7 Å². The highest BCUT2D eigenvalue weighted by Gasteiger charge is 2.16. The maximum absolute atomic E-state index is 12.6. The van der Waals surface area contributed by atoms with E-state index in [4.69, 9.17) is 11.6 Å². The quantitative estimate of drug-likeness (QED) is 0.480. The monoisotopic (exact) mass is 395 g/mol. The second-order valence-corrected chi connectivity index (χ2v) is 6.20.